The van der Waals surface area contributed by atoms with E-state index in [1.54, 1.807) is 18.2 Å². The van der Waals surface area contributed by atoms with Gasteiger partial charge in [0.25, 0.3) is 0 Å². The van der Waals surface area contributed by atoms with Crippen molar-refractivity contribution in [1.29, 1.82) is 0 Å². The van der Waals surface area contributed by atoms with Crippen molar-refractivity contribution in [2.24, 2.45) is 0 Å². The van der Waals surface area contributed by atoms with Gasteiger partial charge in [-0.2, -0.15) is 0 Å². The molecule has 0 bridgehead atoms. The predicted molar refractivity (Wildman–Crippen MR) is 54.8 cm³/mol. The van der Waals surface area contributed by atoms with Crippen LogP contribution in [0.5, 0.6) is 5.75 Å². The third-order valence-corrected chi connectivity index (χ3v) is 2.33. The molecule has 0 fully saturated rings. The molecule has 0 aliphatic carbocycles. The molecule has 1 aromatic carbocycles. The Morgan fingerprint density at radius 2 is 2.36 bits per heavy atom. The minimum atomic E-state index is -0.142. The van der Waals surface area contributed by atoms with Gasteiger partial charge in [-0.3, -0.25) is 4.79 Å². The minimum absolute atomic E-state index is 0.0430. The molecule has 0 saturated carbocycles. The maximum atomic E-state index is 11.3. The first kappa shape index (κ1) is 9.34. The van der Waals surface area contributed by atoms with Gasteiger partial charge in [0, 0.05) is 0 Å². The summed E-state index contributed by atoms with van der Waals surface area (Å²) in [5.41, 5.74) is 0.645. The molecule has 3 nitrogen and oxygen atoms in total. The van der Waals surface area contributed by atoms with E-state index < -0.39 is 0 Å². The molecule has 0 radical (unpaired) electrons. The van der Waals surface area contributed by atoms with Crippen molar-refractivity contribution in [2.75, 3.05) is 5.32 Å². The van der Waals surface area contributed by atoms with Crippen LogP contribution in [0.15, 0.2) is 18.2 Å². The molecule has 1 unspecified atom stereocenters. The number of carbonyl (C=O) groups is 1. The van der Waals surface area contributed by atoms with Crippen molar-refractivity contribution >= 4 is 23.2 Å². The fourth-order valence-electron chi connectivity index (χ4n) is 1.43. The van der Waals surface area contributed by atoms with Crippen molar-refractivity contribution in [3.8, 4) is 5.75 Å². The van der Waals surface area contributed by atoms with Gasteiger partial charge >= 0.3 is 0 Å². The lowest BCUT2D eigenvalue weighted by Crippen LogP contribution is -2.17. The highest BCUT2D eigenvalue weighted by Gasteiger charge is 2.20. The van der Waals surface area contributed by atoms with Crippen LogP contribution in [0.2, 0.25) is 5.02 Å². The zero-order valence-corrected chi connectivity index (χ0v) is 8.47. The fourth-order valence-corrected chi connectivity index (χ4v) is 1.65. The first-order valence-electron chi connectivity index (χ1n) is 4.42. The van der Waals surface area contributed by atoms with Crippen LogP contribution < -0.4 is 10.1 Å². The Balaban J connectivity index is 2.46. The van der Waals surface area contributed by atoms with Gasteiger partial charge in [-0.25, -0.2) is 0 Å². The Morgan fingerprint density at radius 3 is 3.14 bits per heavy atom. The van der Waals surface area contributed by atoms with Crippen LogP contribution in [0, 0.1) is 0 Å². The van der Waals surface area contributed by atoms with Gasteiger partial charge < -0.3 is 10.1 Å². The van der Waals surface area contributed by atoms with Crippen LogP contribution in [0.3, 0.4) is 0 Å². The van der Waals surface area contributed by atoms with Crippen molar-refractivity contribution in [3.05, 3.63) is 23.2 Å². The van der Waals surface area contributed by atoms with Gasteiger partial charge in [0.1, 0.15) is 6.10 Å². The van der Waals surface area contributed by atoms with E-state index in [1.165, 1.54) is 0 Å². The second-order valence-electron chi connectivity index (χ2n) is 3.30. The summed E-state index contributed by atoms with van der Waals surface area (Å²) in [5, 5.41) is 3.27. The van der Waals surface area contributed by atoms with Crippen LogP contribution in [-0.2, 0) is 4.79 Å². The van der Waals surface area contributed by atoms with E-state index in [1.807, 2.05) is 6.92 Å². The molecule has 1 N–H and O–H groups in total. The summed E-state index contributed by atoms with van der Waals surface area (Å²) >= 11 is 5.95. The SMILES string of the molecule is CC1CC(=O)Nc2cccc(Cl)c2O1. The maximum Gasteiger partial charge on any atom is 0.228 e. The molecule has 1 aliphatic heterocycles. The maximum absolute atomic E-state index is 11.3. The van der Waals surface area contributed by atoms with Crippen LogP contribution in [0.4, 0.5) is 5.69 Å². The average molecular weight is 212 g/mol. The molecule has 1 atom stereocenters. The number of hydrogen-bond donors (Lipinski definition) is 1. The number of hydrogen-bond acceptors (Lipinski definition) is 2. The van der Waals surface area contributed by atoms with Crippen molar-refractivity contribution in [1.82, 2.24) is 0 Å². The minimum Gasteiger partial charge on any atom is -0.486 e. The van der Waals surface area contributed by atoms with E-state index in [2.05, 4.69) is 5.32 Å². The van der Waals surface area contributed by atoms with Crippen LogP contribution in [0.1, 0.15) is 13.3 Å². The summed E-state index contributed by atoms with van der Waals surface area (Å²) in [6, 6.07) is 5.29. The lowest BCUT2D eigenvalue weighted by atomic mass is 10.3. The third-order valence-electron chi connectivity index (χ3n) is 2.03. The molecule has 14 heavy (non-hydrogen) atoms. The van der Waals surface area contributed by atoms with Crippen LogP contribution in [-0.4, -0.2) is 12.0 Å². The number of ether oxygens (including phenoxy) is 1. The summed E-state index contributed by atoms with van der Waals surface area (Å²) in [7, 11) is 0. The number of rotatable bonds is 0. The van der Waals surface area contributed by atoms with Crippen molar-refractivity contribution in [3.63, 3.8) is 0 Å². The van der Waals surface area contributed by atoms with Gasteiger partial charge in [0.2, 0.25) is 5.91 Å². The van der Waals surface area contributed by atoms with Crippen LogP contribution in [0.25, 0.3) is 0 Å². The molecule has 0 spiro atoms. The first-order valence-corrected chi connectivity index (χ1v) is 4.79. The summed E-state index contributed by atoms with van der Waals surface area (Å²) in [5.74, 6) is 0.519. The first-order chi connectivity index (χ1) is 6.66. The zero-order valence-electron chi connectivity index (χ0n) is 7.71. The number of para-hydroxylation sites is 1. The van der Waals surface area contributed by atoms with E-state index in [0.717, 1.165) is 0 Å². The van der Waals surface area contributed by atoms with Gasteiger partial charge in [0.15, 0.2) is 5.75 Å². The normalized spacial score (nSPS) is 20.4. The third kappa shape index (κ3) is 1.68. The highest BCUT2D eigenvalue weighted by atomic mass is 35.5. The summed E-state index contributed by atoms with van der Waals surface area (Å²) in [4.78, 5) is 11.3. The Labute approximate surface area is 87.0 Å². The Morgan fingerprint density at radius 1 is 1.57 bits per heavy atom. The van der Waals surface area contributed by atoms with Gasteiger partial charge in [-0.05, 0) is 19.1 Å². The lowest BCUT2D eigenvalue weighted by Gasteiger charge is -2.12. The highest BCUT2D eigenvalue weighted by molar-refractivity contribution is 6.32. The van der Waals surface area contributed by atoms with Gasteiger partial charge in [-0.15, -0.1) is 0 Å². The van der Waals surface area contributed by atoms with E-state index >= 15 is 0 Å². The Hall–Kier alpha value is -1.22. The van der Waals surface area contributed by atoms with Crippen molar-refractivity contribution < 1.29 is 9.53 Å². The smallest absolute Gasteiger partial charge is 0.228 e. The number of anilines is 1. The molecule has 2 rings (SSSR count). The second-order valence-corrected chi connectivity index (χ2v) is 3.70. The molecule has 1 aliphatic rings. The Kier molecular flexibility index (Phi) is 2.33. The predicted octanol–water partition coefficient (Wildman–Crippen LogP) is 2.45. The molecular weight excluding hydrogens is 202 g/mol. The number of halogens is 1. The number of nitrogens with one attached hydrogen (secondary N) is 1. The molecule has 74 valence electrons. The standard InChI is InChI=1S/C10H10ClNO2/c1-6-5-9(13)12-8-4-2-3-7(11)10(8)14-6/h2-4,6H,5H2,1H3,(H,12,13). The van der Waals surface area contributed by atoms with Crippen LogP contribution >= 0.6 is 11.6 Å². The van der Waals surface area contributed by atoms with Gasteiger partial charge in [-0.1, -0.05) is 17.7 Å². The summed E-state index contributed by atoms with van der Waals surface area (Å²) in [6.45, 7) is 1.85. The quantitative estimate of drug-likeness (QED) is 0.716. The van der Waals surface area contributed by atoms with Gasteiger partial charge in [0.05, 0.1) is 17.1 Å². The summed E-state index contributed by atoms with van der Waals surface area (Å²) < 4.78 is 5.54. The molecule has 1 amide bonds. The Bertz CT molecular complexity index is 378. The molecule has 1 heterocycles. The fraction of sp³-hybridized carbons (Fsp3) is 0.300. The van der Waals surface area contributed by atoms with E-state index in [9.17, 15) is 4.79 Å². The number of fused-ring (bicyclic) bond motifs is 1. The zero-order chi connectivity index (χ0) is 10.1. The molecule has 0 aromatic heterocycles. The van der Waals surface area contributed by atoms with E-state index in [4.69, 9.17) is 16.3 Å². The highest BCUT2D eigenvalue weighted by Crippen LogP contribution is 2.35. The van der Waals surface area contributed by atoms with E-state index in [-0.39, 0.29) is 12.0 Å². The number of benzene rings is 1. The molecule has 4 heteroatoms. The topological polar surface area (TPSA) is 38.3 Å². The summed E-state index contributed by atoms with van der Waals surface area (Å²) in [6.07, 6.45) is 0.210. The lowest BCUT2D eigenvalue weighted by molar-refractivity contribution is -0.117. The monoisotopic (exact) mass is 211 g/mol. The number of carbonyl (C=O) groups excluding carboxylic acids is 1. The largest absolute Gasteiger partial charge is 0.486 e. The molecule has 1 aromatic rings. The van der Waals surface area contributed by atoms with E-state index in [0.29, 0.717) is 22.9 Å². The second kappa shape index (κ2) is 3.50. The molecule has 0 saturated heterocycles. The molecular formula is C10H10ClNO2. The average Bonchev–Trinajstić information content (AvgIpc) is 2.23. The van der Waals surface area contributed by atoms with Crippen molar-refractivity contribution in [2.45, 2.75) is 19.4 Å². The number of amides is 1.